The van der Waals surface area contributed by atoms with Gasteiger partial charge in [0, 0.05) is 18.0 Å². The highest BCUT2D eigenvalue weighted by molar-refractivity contribution is 5.89. The Balaban J connectivity index is 2.42. The van der Waals surface area contributed by atoms with Crippen LogP contribution in [0, 0.1) is 11.3 Å². The fraction of sp³-hybridized carbons (Fsp3) is 0.167. The van der Waals surface area contributed by atoms with Crippen molar-refractivity contribution in [3.05, 3.63) is 36.0 Å². The van der Waals surface area contributed by atoms with Gasteiger partial charge in [0.15, 0.2) is 5.69 Å². The molecule has 18 heavy (non-hydrogen) atoms. The minimum Gasteiger partial charge on any atom is -0.460 e. The van der Waals surface area contributed by atoms with Crippen LogP contribution in [0.15, 0.2) is 28.9 Å². The predicted octanol–water partition coefficient (Wildman–Crippen LogP) is 1.78. The molecule has 0 N–H and O–H groups in total. The second kappa shape index (κ2) is 5.10. The molecule has 2 heterocycles. The van der Waals surface area contributed by atoms with E-state index < -0.39 is 5.97 Å². The highest BCUT2D eigenvalue weighted by Gasteiger charge is 2.21. The molecule has 0 unspecified atom stereocenters. The molecular formula is C12H9N3O3. The molecule has 0 aromatic carbocycles. The Hall–Kier alpha value is -2.68. The summed E-state index contributed by atoms with van der Waals surface area (Å²) in [6.45, 7) is 1.87. The van der Waals surface area contributed by atoms with Crippen LogP contribution in [0.25, 0.3) is 11.5 Å². The Morgan fingerprint density at radius 3 is 2.83 bits per heavy atom. The Morgan fingerprint density at radius 1 is 1.50 bits per heavy atom. The SMILES string of the molecule is CCOC(=O)c1oc(-c2ccncc2)nc1C#N. The number of hydrogen-bond donors (Lipinski definition) is 0. The fourth-order valence-corrected chi connectivity index (χ4v) is 1.35. The van der Waals surface area contributed by atoms with E-state index in [-0.39, 0.29) is 24.0 Å². The maximum atomic E-state index is 11.5. The van der Waals surface area contributed by atoms with Crippen LogP contribution >= 0.6 is 0 Å². The molecule has 2 aromatic rings. The summed E-state index contributed by atoms with van der Waals surface area (Å²) in [6.07, 6.45) is 3.13. The molecule has 0 amide bonds. The van der Waals surface area contributed by atoms with Crippen molar-refractivity contribution in [1.29, 1.82) is 5.26 Å². The quantitative estimate of drug-likeness (QED) is 0.763. The van der Waals surface area contributed by atoms with E-state index in [4.69, 9.17) is 14.4 Å². The van der Waals surface area contributed by atoms with Gasteiger partial charge in [-0.3, -0.25) is 4.98 Å². The van der Waals surface area contributed by atoms with Gasteiger partial charge in [-0.2, -0.15) is 10.2 Å². The zero-order valence-electron chi connectivity index (χ0n) is 9.58. The van der Waals surface area contributed by atoms with Crippen molar-refractivity contribution in [3.8, 4) is 17.5 Å². The van der Waals surface area contributed by atoms with Gasteiger partial charge >= 0.3 is 5.97 Å². The molecule has 2 rings (SSSR count). The highest BCUT2D eigenvalue weighted by Crippen LogP contribution is 2.21. The number of carbonyl (C=O) groups is 1. The lowest BCUT2D eigenvalue weighted by atomic mass is 10.3. The average Bonchev–Trinajstić information content (AvgIpc) is 2.84. The Morgan fingerprint density at radius 2 is 2.22 bits per heavy atom. The van der Waals surface area contributed by atoms with E-state index in [9.17, 15) is 4.79 Å². The van der Waals surface area contributed by atoms with Crippen LogP contribution in [-0.4, -0.2) is 22.5 Å². The van der Waals surface area contributed by atoms with Crippen molar-refractivity contribution in [2.45, 2.75) is 6.92 Å². The average molecular weight is 243 g/mol. The monoisotopic (exact) mass is 243 g/mol. The maximum absolute atomic E-state index is 11.5. The fourth-order valence-electron chi connectivity index (χ4n) is 1.35. The number of nitrogens with zero attached hydrogens (tertiary/aromatic N) is 3. The second-order valence-corrected chi connectivity index (χ2v) is 3.26. The first-order valence-electron chi connectivity index (χ1n) is 5.24. The van der Waals surface area contributed by atoms with E-state index >= 15 is 0 Å². The van der Waals surface area contributed by atoms with Crippen LogP contribution in [0.3, 0.4) is 0 Å². The molecular weight excluding hydrogens is 234 g/mol. The van der Waals surface area contributed by atoms with Crippen molar-refractivity contribution in [2.24, 2.45) is 0 Å². The standard InChI is InChI=1S/C12H9N3O3/c1-2-17-12(16)10-9(7-13)15-11(18-10)8-3-5-14-6-4-8/h3-6H,2H2,1H3. The van der Waals surface area contributed by atoms with Gasteiger partial charge in [-0.25, -0.2) is 4.79 Å². The Bertz CT molecular complexity index is 599. The van der Waals surface area contributed by atoms with Crippen molar-refractivity contribution in [3.63, 3.8) is 0 Å². The molecule has 0 aliphatic heterocycles. The minimum atomic E-state index is -0.693. The first kappa shape index (κ1) is 11.8. The van der Waals surface area contributed by atoms with Crippen molar-refractivity contribution in [2.75, 3.05) is 6.61 Å². The van der Waals surface area contributed by atoms with Gasteiger partial charge in [0.1, 0.15) is 6.07 Å². The van der Waals surface area contributed by atoms with E-state index in [1.807, 2.05) is 0 Å². The number of pyridine rings is 1. The topological polar surface area (TPSA) is 89.0 Å². The molecule has 0 spiro atoms. The molecule has 0 saturated carbocycles. The van der Waals surface area contributed by atoms with Crippen molar-refractivity contribution in [1.82, 2.24) is 9.97 Å². The normalized spacial score (nSPS) is 9.78. The number of esters is 1. The summed E-state index contributed by atoms with van der Waals surface area (Å²) in [6, 6.07) is 5.14. The molecule has 0 fully saturated rings. The van der Waals surface area contributed by atoms with Gasteiger partial charge in [-0.1, -0.05) is 0 Å². The third-order valence-corrected chi connectivity index (χ3v) is 2.12. The summed E-state index contributed by atoms with van der Waals surface area (Å²) >= 11 is 0. The molecule has 6 nitrogen and oxygen atoms in total. The largest absolute Gasteiger partial charge is 0.460 e. The molecule has 0 bridgehead atoms. The number of carbonyl (C=O) groups excluding carboxylic acids is 1. The molecule has 0 atom stereocenters. The van der Waals surface area contributed by atoms with Gasteiger partial charge in [0.05, 0.1) is 6.61 Å². The summed E-state index contributed by atoms with van der Waals surface area (Å²) < 4.78 is 10.1. The zero-order chi connectivity index (χ0) is 13.0. The molecule has 6 heteroatoms. The number of rotatable bonds is 3. The molecule has 90 valence electrons. The van der Waals surface area contributed by atoms with Gasteiger partial charge in [-0.15, -0.1) is 0 Å². The number of nitriles is 1. The molecule has 0 aliphatic carbocycles. The van der Waals surface area contributed by atoms with E-state index in [1.165, 1.54) is 0 Å². The third kappa shape index (κ3) is 2.20. The van der Waals surface area contributed by atoms with Crippen LogP contribution in [0.1, 0.15) is 23.2 Å². The lowest BCUT2D eigenvalue weighted by Gasteiger charge is -1.96. The molecule has 0 aliphatic rings. The van der Waals surface area contributed by atoms with E-state index in [2.05, 4.69) is 9.97 Å². The van der Waals surface area contributed by atoms with Crippen LogP contribution < -0.4 is 0 Å². The van der Waals surface area contributed by atoms with Crippen molar-refractivity contribution >= 4 is 5.97 Å². The lowest BCUT2D eigenvalue weighted by molar-refractivity contribution is 0.0490. The van der Waals surface area contributed by atoms with Crippen LogP contribution in [0.5, 0.6) is 0 Å². The van der Waals surface area contributed by atoms with Crippen molar-refractivity contribution < 1.29 is 13.9 Å². The summed E-state index contributed by atoms with van der Waals surface area (Å²) in [7, 11) is 0. The zero-order valence-corrected chi connectivity index (χ0v) is 9.58. The smallest absolute Gasteiger partial charge is 0.377 e. The summed E-state index contributed by atoms with van der Waals surface area (Å²) in [5, 5.41) is 8.90. The van der Waals surface area contributed by atoms with E-state index in [1.54, 1.807) is 37.5 Å². The van der Waals surface area contributed by atoms with E-state index in [0.29, 0.717) is 5.56 Å². The van der Waals surface area contributed by atoms with Gasteiger partial charge in [0.25, 0.3) is 5.76 Å². The second-order valence-electron chi connectivity index (χ2n) is 3.26. The Labute approximate surface area is 103 Å². The lowest BCUT2D eigenvalue weighted by Crippen LogP contribution is -2.05. The summed E-state index contributed by atoms with van der Waals surface area (Å²) in [5.41, 5.74) is 0.553. The third-order valence-electron chi connectivity index (χ3n) is 2.12. The maximum Gasteiger partial charge on any atom is 0.377 e. The predicted molar refractivity (Wildman–Crippen MR) is 60.4 cm³/mol. The number of oxazole rings is 1. The summed E-state index contributed by atoms with van der Waals surface area (Å²) in [4.78, 5) is 19.4. The van der Waals surface area contributed by atoms with Gasteiger partial charge < -0.3 is 9.15 Å². The van der Waals surface area contributed by atoms with Crippen LogP contribution in [0.4, 0.5) is 0 Å². The number of ether oxygens (including phenoxy) is 1. The molecule has 0 radical (unpaired) electrons. The minimum absolute atomic E-state index is 0.0831. The van der Waals surface area contributed by atoms with Gasteiger partial charge in [-0.05, 0) is 19.1 Å². The van der Waals surface area contributed by atoms with Gasteiger partial charge in [0.2, 0.25) is 5.89 Å². The van der Waals surface area contributed by atoms with Crippen LogP contribution in [-0.2, 0) is 4.74 Å². The van der Waals surface area contributed by atoms with Crippen LogP contribution in [0.2, 0.25) is 0 Å². The van der Waals surface area contributed by atoms with E-state index in [0.717, 1.165) is 0 Å². The highest BCUT2D eigenvalue weighted by atomic mass is 16.5. The molecule has 2 aromatic heterocycles. The first-order chi connectivity index (χ1) is 8.76. The number of hydrogen-bond acceptors (Lipinski definition) is 6. The Kier molecular flexibility index (Phi) is 3.34. The molecule has 0 saturated heterocycles. The first-order valence-corrected chi connectivity index (χ1v) is 5.24. The number of aromatic nitrogens is 2. The summed E-state index contributed by atoms with van der Waals surface area (Å²) in [5.74, 6) is -0.676.